The van der Waals surface area contributed by atoms with E-state index in [0.717, 1.165) is 0 Å². The van der Waals surface area contributed by atoms with Crippen molar-refractivity contribution in [3.05, 3.63) is 12.7 Å². The standard InChI is InChI=1S/C10H17N3O5/c1-2-3-13(4-5-14)10(18)12-6-8(15)11-7-9(16)17/h2,14H,1,3-7H2,(H,11,15)(H,12,18)(H,16,17). The third-order valence-electron chi connectivity index (χ3n) is 1.84. The van der Waals surface area contributed by atoms with Gasteiger partial charge in [-0.05, 0) is 0 Å². The number of aliphatic carboxylic acids is 1. The topological polar surface area (TPSA) is 119 Å². The molecule has 0 rings (SSSR count). The number of hydrogen-bond acceptors (Lipinski definition) is 4. The summed E-state index contributed by atoms with van der Waals surface area (Å²) in [5.41, 5.74) is 0. The molecule has 0 aliphatic carbocycles. The lowest BCUT2D eigenvalue weighted by atomic mass is 10.4. The highest BCUT2D eigenvalue weighted by molar-refractivity contribution is 5.86. The molecule has 0 atom stereocenters. The van der Waals surface area contributed by atoms with Gasteiger partial charge in [0.05, 0.1) is 13.2 Å². The maximum absolute atomic E-state index is 11.5. The van der Waals surface area contributed by atoms with Crippen LogP contribution in [-0.4, -0.2) is 65.8 Å². The minimum absolute atomic E-state index is 0.120. The summed E-state index contributed by atoms with van der Waals surface area (Å²) in [4.78, 5) is 34.1. The maximum Gasteiger partial charge on any atom is 0.322 e. The molecule has 4 N–H and O–H groups in total. The van der Waals surface area contributed by atoms with E-state index in [4.69, 9.17) is 10.2 Å². The van der Waals surface area contributed by atoms with Crippen LogP contribution < -0.4 is 10.6 Å². The SMILES string of the molecule is C=CCN(CCO)C(=O)NCC(=O)NCC(=O)O. The van der Waals surface area contributed by atoms with Crippen molar-refractivity contribution in [2.45, 2.75) is 0 Å². The summed E-state index contributed by atoms with van der Waals surface area (Å²) in [5, 5.41) is 21.5. The van der Waals surface area contributed by atoms with E-state index < -0.39 is 24.5 Å². The van der Waals surface area contributed by atoms with E-state index in [1.165, 1.54) is 11.0 Å². The summed E-state index contributed by atoms with van der Waals surface area (Å²) in [7, 11) is 0. The number of nitrogens with one attached hydrogen (secondary N) is 2. The first-order valence-corrected chi connectivity index (χ1v) is 5.24. The van der Waals surface area contributed by atoms with Gasteiger partial charge in [-0.2, -0.15) is 0 Å². The highest BCUT2D eigenvalue weighted by atomic mass is 16.4. The summed E-state index contributed by atoms with van der Waals surface area (Å²) in [6.07, 6.45) is 1.49. The third-order valence-corrected chi connectivity index (χ3v) is 1.84. The van der Waals surface area contributed by atoms with Crippen molar-refractivity contribution in [3.63, 3.8) is 0 Å². The molecule has 0 unspecified atom stereocenters. The number of rotatable bonds is 8. The van der Waals surface area contributed by atoms with E-state index in [1.807, 2.05) is 0 Å². The number of amides is 3. The number of carbonyl (C=O) groups excluding carboxylic acids is 2. The lowest BCUT2D eigenvalue weighted by Crippen LogP contribution is -2.46. The van der Waals surface area contributed by atoms with E-state index in [-0.39, 0.29) is 26.2 Å². The normalized spacial score (nSPS) is 9.39. The first-order valence-electron chi connectivity index (χ1n) is 5.24. The van der Waals surface area contributed by atoms with Gasteiger partial charge in [0.2, 0.25) is 5.91 Å². The van der Waals surface area contributed by atoms with Gasteiger partial charge in [0, 0.05) is 13.1 Å². The Bertz CT molecular complexity index is 319. The van der Waals surface area contributed by atoms with Crippen LogP contribution in [0.15, 0.2) is 12.7 Å². The zero-order valence-electron chi connectivity index (χ0n) is 9.89. The van der Waals surface area contributed by atoms with Gasteiger partial charge in [-0.25, -0.2) is 4.79 Å². The second-order valence-electron chi connectivity index (χ2n) is 3.29. The molecule has 0 aromatic rings. The molecule has 0 radical (unpaired) electrons. The van der Waals surface area contributed by atoms with Crippen LogP contribution in [0, 0.1) is 0 Å². The molecule has 0 spiro atoms. The molecule has 0 fully saturated rings. The Labute approximate surface area is 104 Å². The van der Waals surface area contributed by atoms with Crippen LogP contribution in [0.5, 0.6) is 0 Å². The van der Waals surface area contributed by atoms with Crippen molar-refractivity contribution in [3.8, 4) is 0 Å². The van der Waals surface area contributed by atoms with Gasteiger partial charge in [0.1, 0.15) is 6.54 Å². The molecule has 8 nitrogen and oxygen atoms in total. The molecule has 0 aromatic carbocycles. The van der Waals surface area contributed by atoms with E-state index >= 15 is 0 Å². The van der Waals surface area contributed by atoms with Gasteiger partial charge in [0.15, 0.2) is 0 Å². The van der Waals surface area contributed by atoms with Crippen LogP contribution in [0.1, 0.15) is 0 Å². The van der Waals surface area contributed by atoms with Crippen LogP contribution >= 0.6 is 0 Å². The fraction of sp³-hybridized carbons (Fsp3) is 0.500. The Balaban J connectivity index is 4.01. The number of aliphatic hydroxyl groups is 1. The highest BCUT2D eigenvalue weighted by Gasteiger charge is 2.12. The monoisotopic (exact) mass is 259 g/mol. The molecule has 0 aromatic heterocycles. The number of carbonyl (C=O) groups is 3. The maximum atomic E-state index is 11.5. The van der Waals surface area contributed by atoms with E-state index in [1.54, 1.807) is 0 Å². The van der Waals surface area contributed by atoms with Crippen molar-refractivity contribution in [2.24, 2.45) is 0 Å². The van der Waals surface area contributed by atoms with Crippen molar-refractivity contribution in [1.29, 1.82) is 0 Å². The number of carboxylic acids is 1. The van der Waals surface area contributed by atoms with E-state index in [2.05, 4.69) is 17.2 Å². The van der Waals surface area contributed by atoms with Crippen molar-refractivity contribution in [2.75, 3.05) is 32.8 Å². The Kier molecular flexibility index (Phi) is 7.95. The lowest BCUT2D eigenvalue weighted by molar-refractivity contribution is -0.137. The summed E-state index contributed by atoms with van der Waals surface area (Å²) in [6.45, 7) is 2.79. The molecule has 0 saturated carbocycles. The first-order chi connectivity index (χ1) is 8.51. The molecule has 3 amide bonds. The molecule has 0 aliphatic rings. The third kappa shape index (κ3) is 7.23. The number of urea groups is 1. The molecule has 18 heavy (non-hydrogen) atoms. The molecule has 0 heterocycles. The average molecular weight is 259 g/mol. The molecule has 8 heteroatoms. The van der Waals surface area contributed by atoms with Gasteiger partial charge in [-0.1, -0.05) is 6.08 Å². The first kappa shape index (κ1) is 15.9. The van der Waals surface area contributed by atoms with Crippen LogP contribution in [0.2, 0.25) is 0 Å². The number of aliphatic hydroxyl groups excluding tert-OH is 1. The number of nitrogens with zero attached hydrogens (tertiary/aromatic N) is 1. The summed E-state index contributed by atoms with van der Waals surface area (Å²) < 4.78 is 0. The van der Waals surface area contributed by atoms with Crippen LogP contribution in [-0.2, 0) is 9.59 Å². The van der Waals surface area contributed by atoms with Gasteiger partial charge in [0.25, 0.3) is 0 Å². The quantitative estimate of drug-likeness (QED) is 0.390. The highest BCUT2D eigenvalue weighted by Crippen LogP contribution is 1.89. The Morgan fingerprint density at radius 2 is 1.89 bits per heavy atom. The Hall–Kier alpha value is -2.09. The van der Waals surface area contributed by atoms with Gasteiger partial charge >= 0.3 is 12.0 Å². The second kappa shape index (κ2) is 8.99. The molecule has 102 valence electrons. The molecule has 0 bridgehead atoms. The minimum Gasteiger partial charge on any atom is -0.480 e. The molecular formula is C10H17N3O5. The zero-order chi connectivity index (χ0) is 14.0. The molecule has 0 aliphatic heterocycles. The van der Waals surface area contributed by atoms with E-state index in [9.17, 15) is 14.4 Å². The fourth-order valence-corrected chi connectivity index (χ4v) is 1.06. The van der Waals surface area contributed by atoms with Crippen LogP contribution in [0.4, 0.5) is 4.79 Å². The van der Waals surface area contributed by atoms with Crippen LogP contribution in [0.25, 0.3) is 0 Å². The lowest BCUT2D eigenvalue weighted by Gasteiger charge is -2.20. The summed E-state index contributed by atoms with van der Waals surface area (Å²) in [6, 6.07) is -0.533. The van der Waals surface area contributed by atoms with Crippen molar-refractivity contribution < 1.29 is 24.6 Å². The smallest absolute Gasteiger partial charge is 0.322 e. The zero-order valence-corrected chi connectivity index (χ0v) is 9.89. The van der Waals surface area contributed by atoms with Crippen LogP contribution in [0.3, 0.4) is 0 Å². The molecular weight excluding hydrogens is 242 g/mol. The molecule has 0 saturated heterocycles. The minimum atomic E-state index is -1.16. The van der Waals surface area contributed by atoms with Gasteiger partial charge < -0.3 is 25.7 Å². The number of carboxylic acid groups (broad SMARTS) is 1. The number of hydrogen-bond donors (Lipinski definition) is 4. The second-order valence-corrected chi connectivity index (χ2v) is 3.29. The Morgan fingerprint density at radius 3 is 2.39 bits per heavy atom. The van der Waals surface area contributed by atoms with Crippen molar-refractivity contribution in [1.82, 2.24) is 15.5 Å². The van der Waals surface area contributed by atoms with Gasteiger partial charge in [-0.15, -0.1) is 6.58 Å². The summed E-state index contributed by atoms with van der Waals surface area (Å²) in [5.74, 6) is -1.77. The Morgan fingerprint density at radius 1 is 1.22 bits per heavy atom. The predicted molar refractivity (Wildman–Crippen MR) is 62.9 cm³/mol. The van der Waals surface area contributed by atoms with Crippen molar-refractivity contribution >= 4 is 17.9 Å². The largest absolute Gasteiger partial charge is 0.480 e. The van der Waals surface area contributed by atoms with E-state index in [0.29, 0.717) is 0 Å². The summed E-state index contributed by atoms with van der Waals surface area (Å²) >= 11 is 0. The predicted octanol–water partition coefficient (Wildman–Crippen LogP) is -1.62. The average Bonchev–Trinajstić information content (AvgIpc) is 2.33. The fourth-order valence-electron chi connectivity index (χ4n) is 1.06. The van der Waals surface area contributed by atoms with Gasteiger partial charge in [-0.3, -0.25) is 9.59 Å².